The van der Waals surface area contributed by atoms with Gasteiger partial charge in [-0.25, -0.2) is 9.97 Å². The Morgan fingerprint density at radius 2 is 1.82 bits per heavy atom. The average Bonchev–Trinajstić information content (AvgIpc) is 2.35. The third-order valence-electron chi connectivity index (χ3n) is 2.16. The number of rotatable bonds is 3. The topological polar surface area (TPSA) is 42.9 Å². The molecule has 1 heterocycles. The largest absolute Gasteiger partial charge is 0.290 e. The first kappa shape index (κ1) is 12.0. The molecule has 1 aromatic carbocycles. The van der Waals surface area contributed by atoms with E-state index in [-0.39, 0.29) is 18.0 Å². The van der Waals surface area contributed by atoms with Gasteiger partial charge in [0.25, 0.3) is 0 Å². The molecule has 0 aliphatic carbocycles. The summed E-state index contributed by atoms with van der Waals surface area (Å²) in [5.41, 5.74) is 0.789. The summed E-state index contributed by atoms with van der Waals surface area (Å²) in [6.07, 6.45) is 3.28. The molecule has 0 fully saturated rings. The van der Waals surface area contributed by atoms with Gasteiger partial charge in [0, 0.05) is 18.8 Å². The van der Waals surface area contributed by atoms with E-state index in [4.69, 9.17) is 23.2 Å². The molecule has 86 valence electrons. The van der Waals surface area contributed by atoms with Crippen LogP contribution < -0.4 is 0 Å². The number of halogens is 2. The van der Waals surface area contributed by atoms with Gasteiger partial charge in [0.1, 0.15) is 0 Å². The summed E-state index contributed by atoms with van der Waals surface area (Å²) in [6, 6.07) is 6.76. The molecule has 0 saturated heterocycles. The van der Waals surface area contributed by atoms with Crippen LogP contribution in [0, 0.1) is 0 Å². The van der Waals surface area contributed by atoms with E-state index in [9.17, 15) is 4.79 Å². The Morgan fingerprint density at radius 3 is 2.47 bits per heavy atom. The monoisotopic (exact) mass is 266 g/mol. The zero-order chi connectivity index (χ0) is 12.3. The van der Waals surface area contributed by atoms with E-state index in [2.05, 4.69) is 9.97 Å². The molecule has 3 nitrogen and oxygen atoms in total. The number of aromatic nitrogens is 2. The molecule has 5 heteroatoms. The number of ketones is 1. The van der Waals surface area contributed by atoms with Gasteiger partial charge in [-0.3, -0.25) is 4.79 Å². The molecule has 0 unspecified atom stereocenters. The number of carbonyl (C=O) groups is 1. The fourth-order valence-electron chi connectivity index (χ4n) is 1.36. The molecule has 2 rings (SSSR count). The first-order valence-electron chi connectivity index (χ1n) is 4.91. The SMILES string of the molecule is O=C(Cc1ccc(Cl)c(Cl)c1)c1ncccn1. The standard InChI is InChI=1S/C12H8Cl2N2O/c13-9-3-2-8(6-10(9)14)7-11(17)12-15-4-1-5-16-12/h1-6H,7H2. The van der Waals surface area contributed by atoms with Crippen LogP contribution in [0.25, 0.3) is 0 Å². The van der Waals surface area contributed by atoms with Crippen molar-refractivity contribution in [2.45, 2.75) is 6.42 Å². The van der Waals surface area contributed by atoms with Crippen molar-refractivity contribution in [3.8, 4) is 0 Å². The molecular weight excluding hydrogens is 259 g/mol. The summed E-state index contributed by atoms with van der Waals surface area (Å²) >= 11 is 11.7. The van der Waals surface area contributed by atoms with Crippen LogP contribution in [0.1, 0.15) is 16.2 Å². The Morgan fingerprint density at radius 1 is 1.12 bits per heavy atom. The van der Waals surface area contributed by atoms with E-state index < -0.39 is 0 Å². The number of Topliss-reactive ketones (excluding diaryl/α,β-unsaturated/α-hetero) is 1. The Labute approximate surface area is 108 Å². The maximum Gasteiger partial charge on any atom is 0.204 e. The second kappa shape index (κ2) is 5.25. The molecule has 0 bridgehead atoms. The molecule has 0 aliphatic heterocycles. The van der Waals surface area contributed by atoms with Crippen LogP contribution in [0.3, 0.4) is 0 Å². The highest BCUT2D eigenvalue weighted by Gasteiger charge is 2.10. The van der Waals surface area contributed by atoms with E-state index in [1.54, 1.807) is 24.3 Å². The van der Waals surface area contributed by atoms with Crippen LogP contribution in [0.2, 0.25) is 10.0 Å². The molecule has 17 heavy (non-hydrogen) atoms. The van der Waals surface area contributed by atoms with Crippen molar-refractivity contribution < 1.29 is 4.79 Å². The first-order chi connectivity index (χ1) is 8.16. The minimum atomic E-state index is -0.149. The lowest BCUT2D eigenvalue weighted by Gasteiger charge is -2.02. The van der Waals surface area contributed by atoms with Gasteiger partial charge in [0.15, 0.2) is 5.82 Å². The van der Waals surface area contributed by atoms with E-state index in [0.29, 0.717) is 10.0 Å². The fourth-order valence-corrected chi connectivity index (χ4v) is 1.68. The van der Waals surface area contributed by atoms with Crippen molar-refractivity contribution in [1.82, 2.24) is 9.97 Å². The van der Waals surface area contributed by atoms with Gasteiger partial charge in [-0.1, -0.05) is 29.3 Å². The molecule has 0 aliphatic rings. The minimum Gasteiger partial charge on any atom is -0.290 e. The summed E-state index contributed by atoms with van der Waals surface area (Å²) in [7, 11) is 0. The predicted octanol–water partition coefficient (Wildman–Crippen LogP) is 3.21. The molecule has 0 atom stereocenters. The van der Waals surface area contributed by atoms with Crippen LogP contribution >= 0.6 is 23.2 Å². The summed E-state index contributed by atoms with van der Waals surface area (Å²) in [5, 5.41) is 0.907. The minimum absolute atomic E-state index is 0.149. The van der Waals surface area contributed by atoms with Gasteiger partial charge in [0.2, 0.25) is 5.78 Å². The molecule has 2 aromatic rings. The lowest BCUT2D eigenvalue weighted by molar-refractivity contribution is 0.0983. The number of benzene rings is 1. The highest BCUT2D eigenvalue weighted by Crippen LogP contribution is 2.23. The van der Waals surface area contributed by atoms with Crippen LogP contribution in [0.5, 0.6) is 0 Å². The molecule has 1 aromatic heterocycles. The smallest absolute Gasteiger partial charge is 0.204 e. The quantitative estimate of drug-likeness (QED) is 0.802. The highest BCUT2D eigenvalue weighted by molar-refractivity contribution is 6.42. The van der Waals surface area contributed by atoms with Crippen LogP contribution in [-0.2, 0) is 6.42 Å². The number of hydrogen-bond donors (Lipinski definition) is 0. The van der Waals surface area contributed by atoms with Crippen molar-refractivity contribution in [3.63, 3.8) is 0 Å². The second-order valence-electron chi connectivity index (χ2n) is 3.42. The normalized spacial score (nSPS) is 10.2. The Bertz CT molecular complexity index is 543. The van der Waals surface area contributed by atoms with E-state index >= 15 is 0 Å². The molecule has 0 radical (unpaired) electrons. The molecule has 0 amide bonds. The molecular formula is C12H8Cl2N2O. The molecule has 0 saturated carbocycles. The van der Waals surface area contributed by atoms with Gasteiger partial charge < -0.3 is 0 Å². The summed E-state index contributed by atoms with van der Waals surface area (Å²) in [5.74, 6) is 0.0579. The van der Waals surface area contributed by atoms with Gasteiger partial charge >= 0.3 is 0 Å². The number of hydrogen-bond acceptors (Lipinski definition) is 3. The second-order valence-corrected chi connectivity index (χ2v) is 4.24. The Kier molecular flexibility index (Phi) is 3.71. The molecule has 0 N–H and O–H groups in total. The van der Waals surface area contributed by atoms with Gasteiger partial charge in [-0.15, -0.1) is 0 Å². The van der Waals surface area contributed by atoms with Crippen LogP contribution in [0.4, 0.5) is 0 Å². The van der Waals surface area contributed by atoms with Crippen LogP contribution in [0.15, 0.2) is 36.7 Å². The summed E-state index contributed by atoms with van der Waals surface area (Å²) < 4.78 is 0. The van der Waals surface area contributed by atoms with E-state index in [1.807, 2.05) is 0 Å². The van der Waals surface area contributed by atoms with Crippen molar-refractivity contribution in [3.05, 3.63) is 58.1 Å². The lowest BCUT2D eigenvalue weighted by Crippen LogP contribution is -2.07. The highest BCUT2D eigenvalue weighted by atomic mass is 35.5. The maximum atomic E-state index is 11.8. The Balaban J connectivity index is 2.16. The maximum absolute atomic E-state index is 11.8. The van der Waals surface area contributed by atoms with E-state index in [0.717, 1.165) is 5.56 Å². The third-order valence-corrected chi connectivity index (χ3v) is 2.90. The number of nitrogens with zero attached hydrogens (tertiary/aromatic N) is 2. The van der Waals surface area contributed by atoms with E-state index in [1.165, 1.54) is 12.4 Å². The summed E-state index contributed by atoms with van der Waals surface area (Å²) in [4.78, 5) is 19.6. The predicted molar refractivity (Wildman–Crippen MR) is 66.5 cm³/mol. The fraction of sp³-hybridized carbons (Fsp3) is 0.0833. The summed E-state index contributed by atoms with van der Waals surface area (Å²) in [6.45, 7) is 0. The lowest BCUT2D eigenvalue weighted by atomic mass is 10.1. The zero-order valence-corrected chi connectivity index (χ0v) is 10.2. The van der Waals surface area contributed by atoms with Crippen molar-refractivity contribution >= 4 is 29.0 Å². The van der Waals surface area contributed by atoms with Crippen molar-refractivity contribution in [1.29, 1.82) is 0 Å². The van der Waals surface area contributed by atoms with Crippen molar-refractivity contribution in [2.24, 2.45) is 0 Å². The Hall–Kier alpha value is -1.45. The third kappa shape index (κ3) is 3.02. The van der Waals surface area contributed by atoms with Crippen molar-refractivity contribution in [2.75, 3.05) is 0 Å². The average molecular weight is 267 g/mol. The first-order valence-corrected chi connectivity index (χ1v) is 5.66. The van der Waals surface area contributed by atoms with Gasteiger partial charge in [-0.2, -0.15) is 0 Å². The van der Waals surface area contributed by atoms with Crippen LogP contribution in [-0.4, -0.2) is 15.8 Å². The number of carbonyl (C=O) groups excluding carboxylic acids is 1. The zero-order valence-electron chi connectivity index (χ0n) is 8.73. The molecule has 0 spiro atoms. The van der Waals surface area contributed by atoms with Gasteiger partial charge in [0.05, 0.1) is 10.0 Å². The van der Waals surface area contributed by atoms with Gasteiger partial charge in [-0.05, 0) is 23.8 Å².